The van der Waals surface area contributed by atoms with E-state index in [4.69, 9.17) is 15.9 Å². The Morgan fingerprint density at radius 3 is 2.31 bits per heavy atom. The van der Waals surface area contributed by atoms with Crippen LogP contribution in [0.5, 0.6) is 0 Å². The molecule has 1 aliphatic carbocycles. The largest absolute Gasteiger partial charge is 0.466 e. The molecule has 224 valence electrons. The zero-order valence-corrected chi connectivity index (χ0v) is 25.0. The SMILES string of the molecule is C#Cc1ccccc1C(C(=O)NCCC(=O)OCC)N(C(=O)C(Cc1ccccc1)NC(=O)OC(C)(C)C)C1CC1C. The van der Waals surface area contributed by atoms with Crippen molar-refractivity contribution < 1.29 is 28.7 Å². The lowest BCUT2D eigenvalue weighted by molar-refractivity contribution is -0.145. The topological polar surface area (TPSA) is 114 Å². The van der Waals surface area contributed by atoms with Gasteiger partial charge in [0.2, 0.25) is 11.8 Å². The molecule has 0 bridgehead atoms. The molecule has 0 aliphatic heterocycles. The number of hydrogen-bond acceptors (Lipinski definition) is 6. The fraction of sp³-hybridized carbons (Fsp3) is 0.455. The summed E-state index contributed by atoms with van der Waals surface area (Å²) in [6.45, 7) is 9.20. The number of rotatable bonds is 12. The highest BCUT2D eigenvalue weighted by atomic mass is 16.6. The quantitative estimate of drug-likeness (QED) is 0.290. The van der Waals surface area contributed by atoms with Gasteiger partial charge in [0.1, 0.15) is 17.7 Å². The maximum atomic E-state index is 14.5. The molecule has 2 N–H and O–H groups in total. The minimum atomic E-state index is -1.10. The van der Waals surface area contributed by atoms with E-state index in [0.717, 1.165) is 5.56 Å². The van der Waals surface area contributed by atoms with Gasteiger partial charge in [0.05, 0.1) is 13.0 Å². The molecule has 1 fully saturated rings. The van der Waals surface area contributed by atoms with E-state index in [2.05, 4.69) is 16.6 Å². The molecule has 2 aromatic carbocycles. The van der Waals surface area contributed by atoms with Crippen molar-refractivity contribution in [1.82, 2.24) is 15.5 Å². The third kappa shape index (κ3) is 9.10. The maximum Gasteiger partial charge on any atom is 0.408 e. The monoisotopic (exact) mass is 575 g/mol. The van der Waals surface area contributed by atoms with Crippen molar-refractivity contribution in [2.24, 2.45) is 5.92 Å². The van der Waals surface area contributed by atoms with Crippen LogP contribution in [0.25, 0.3) is 0 Å². The number of terminal acetylenes is 1. The van der Waals surface area contributed by atoms with Crippen LogP contribution in [0.1, 0.15) is 70.2 Å². The van der Waals surface area contributed by atoms with E-state index in [1.807, 2.05) is 37.3 Å². The molecule has 3 amide bonds. The summed E-state index contributed by atoms with van der Waals surface area (Å²) < 4.78 is 10.5. The normalized spacial score (nSPS) is 17.1. The summed E-state index contributed by atoms with van der Waals surface area (Å²) >= 11 is 0. The van der Waals surface area contributed by atoms with Crippen LogP contribution < -0.4 is 10.6 Å². The van der Waals surface area contributed by atoms with Crippen LogP contribution in [-0.4, -0.2) is 59.6 Å². The molecule has 0 heterocycles. The number of carbonyl (C=O) groups excluding carboxylic acids is 4. The molecule has 9 heteroatoms. The highest BCUT2D eigenvalue weighted by Crippen LogP contribution is 2.41. The van der Waals surface area contributed by atoms with Gasteiger partial charge in [0.25, 0.3) is 0 Å². The summed E-state index contributed by atoms with van der Waals surface area (Å²) in [6.07, 6.45) is 5.93. The van der Waals surface area contributed by atoms with Gasteiger partial charge in [-0.15, -0.1) is 6.42 Å². The van der Waals surface area contributed by atoms with Crippen molar-refractivity contribution in [3.63, 3.8) is 0 Å². The van der Waals surface area contributed by atoms with Gasteiger partial charge in [0, 0.05) is 24.6 Å². The average molecular weight is 576 g/mol. The standard InChI is InChI=1S/C33H41N3O6/c1-7-24-16-12-13-17-25(24)29(30(38)34-19-18-28(37)41-8-2)36(27-20-22(27)3)31(39)26(21-23-14-10-9-11-15-23)35-32(40)42-33(4,5)6/h1,9-17,22,26-27,29H,8,18-21H2,2-6H3,(H,34,38)(H,35,40). The van der Waals surface area contributed by atoms with E-state index >= 15 is 0 Å². The van der Waals surface area contributed by atoms with E-state index in [9.17, 15) is 19.2 Å². The van der Waals surface area contributed by atoms with Crippen LogP contribution >= 0.6 is 0 Å². The van der Waals surface area contributed by atoms with Crippen molar-refractivity contribution >= 4 is 23.9 Å². The van der Waals surface area contributed by atoms with E-state index in [0.29, 0.717) is 17.5 Å². The molecule has 2 aromatic rings. The van der Waals surface area contributed by atoms with E-state index < -0.39 is 41.6 Å². The Bertz CT molecular complexity index is 1300. The van der Waals surface area contributed by atoms with Crippen molar-refractivity contribution in [2.75, 3.05) is 13.2 Å². The molecule has 4 atom stereocenters. The molecule has 9 nitrogen and oxygen atoms in total. The van der Waals surface area contributed by atoms with Crippen LogP contribution in [0.3, 0.4) is 0 Å². The highest BCUT2D eigenvalue weighted by molar-refractivity contribution is 5.93. The Balaban J connectivity index is 2.02. The molecule has 3 rings (SSSR count). The second-order valence-electron chi connectivity index (χ2n) is 11.4. The first-order chi connectivity index (χ1) is 19.9. The van der Waals surface area contributed by atoms with Gasteiger partial charge < -0.3 is 25.0 Å². The van der Waals surface area contributed by atoms with Crippen LogP contribution in [0.2, 0.25) is 0 Å². The Hall–Kier alpha value is -4.32. The molecule has 1 aliphatic rings. The molecule has 0 spiro atoms. The molecule has 42 heavy (non-hydrogen) atoms. The number of ether oxygens (including phenoxy) is 2. The third-order valence-electron chi connectivity index (χ3n) is 6.82. The molecular formula is C33H41N3O6. The summed E-state index contributed by atoms with van der Waals surface area (Å²) in [5, 5.41) is 5.56. The van der Waals surface area contributed by atoms with Crippen molar-refractivity contribution in [3.8, 4) is 12.3 Å². The number of hydrogen-bond donors (Lipinski definition) is 2. The predicted octanol–water partition coefficient (Wildman–Crippen LogP) is 4.15. The summed E-state index contributed by atoms with van der Waals surface area (Å²) in [6, 6.07) is 13.9. The number of carbonyl (C=O) groups is 4. The number of nitrogens with zero attached hydrogens (tertiary/aromatic N) is 1. The Labute approximate surface area is 248 Å². The lowest BCUT2D eigenvalue weighted by Crippen LogP contribution is -2.55. The summed E-state index contributed by atoms with van der Waals surface area (Å²) in [4.78, 5) is 54.8. The summed E-state index contributed by atoms with van der Waals surface area (Å²) in [5.74, 6) is 1.40. The zero-order valence-electron chi connectivity index (χ0n) is 25.0. The smallest absolute Gasteiger partial charge is 0.408 e. The molecule has 0 saturated heterocycles. The fourth-order valence-corrected chi connectivity index (χ4v) is 4.75. The van der Waals surface area contributed by atoms with Gasteiger partial charge in [-0.2, -0.15) is 0 Å². The second kappa shape index (κ2) is 14.5. The second-order valence-corrected chi connectivity index (χ2v) is 11.4. The van der Waals surface area contributed by atoms with Gasteiger partial charge in [-0.3, -0.25) is 14.4 Å². The Morgan fingerprint density at radius 1 is 1.07 bits per heavy atom. The maximum absolute atomic E-state index is 14.5. The van der Waals surface area contributed by atoms with E-state index in [1.165, 1.54) is 0 Å². The predicted molar refractivity (Wildman–Crippen MR) is 159 cm³/mol. The van der Waals surface area contributed by atoms with Crippen molar-refractivity contribution in [3.05, 3.63) is 71.3 Å². The minimum absolute atomic E-state index is 0.0201. The molecule has 4 unspecified atom stereocenters. The number of amides is 3. The fourth-order valence-electron chi connectivity index (χ4n) is 4.75. The first kappa shape index (κ1) is 32.2. The number of alkyl carbamates (subject to hydrolysis) is 1. The Morgan fingerprint density at radius 2 is 1.71 bits per heavy atom. The molecule has 1 saturated carbocycles. The number of benzene rings is 2. The molecule has 0 aromatic heterocycles. The van der Waals surface area contributed by atoms with Gasteiger partial charge in [-0.1, -0.05) is 61.4 Å². The van der Waals surface area contributed by atoms with Crippen LogP contribution in [0.4, 0.5) is 4.79 Å². The average Bonchev–Trinajstić information content (AvgIpc) is 3.66. The third-order valence-corrected chi connectivity index (χ3v) is 6.82. The molecule has 0 radical (unpaired) electrons. The number of esters is 1. The van der Waals surface area contributed by atoms with Crippen molar-refractivity contribution in [1.29, 1.82) is 0 Å². The van der Waals surface area contributed by atoms with Gasteiger partial charge in [0.15, 0.2) is 0 Å². The van der Waals surface area contributed by atoms with Crippen LogP contribution in [0.15, 0.2) is 54.6 Å². The first-order valence-electron chi connectivity index (χ1n) is 14.3. The van der Waals surface area contributed by atoms with Gasteiger partial charge in [-0.25, -0.2) is 4.79 Å². The minimum Gasteiger partial charge on any atom is -0.466 e. The summed E-state index contributed by atoms with van der Waals surface area (Å²) in [5.41, 5.74) is 1.00. The zero-order chi connectivity index (χ0) is 30.9. The van der Waals surface area contributed by atoms with Gasteiger partial charge >= 0.3 is 12.1 Å². The Kier molecular flexibility index (Phi) is 11.1. The first-order valence-corrected chi connectivity index (χ1v) is 14.3. The highest BCUT2D eigenvalue weighted by Gasteiger charge is 2.48. The number of nitrogens with one attached hydrogen (secondary N) is 2. The van der Waals surface area contributed by atoms with E-state index in [-0.39, 0.29) is 38.0 Å². The van der Waals surface area contributed by atoms with Crippen LogP contribution in [-0.2, 0) is 30.3 Å². The van der Waals surface area contributed by atoms with E-state index in [1.54, 1.807) is 56.9 Å². The molecular weight excluding hydrogens is 534 g/mol. The lowest BCUT2D eigenvalue weighted by Gasteiger charge is -2.35. The van der Waals surface area contributed by atoms with Crippen LogP contribution in [0, 0.1) is 18.3 Å². The van der Waals surface area contributed by atoms with Crippen molar-refractivity contribution in [2.45, 2.75) is 77.6 Å². The van der Waals surface area contributed by atoms with Gasteiger partial charge in [-0.05, 0) is 57.2 Å². The lowest BCUT2D eigenvalue weighted by atomic mass is 9.96. The summed E-state index contributed by atoms with van der Waals surface area (Å²) in [7, 11) is 0.